The van der Waals surface area contributed by atoms with Crippen LogP contribution in [0.15, 0.2) is 22.5 Å². The molecule has 2 aromatic rings. The lowest BCUT2D eigenvalue weighted by Gasteiger charge is -2.08. The lowest BCUT2D eigenvalue weighted by molar-refractivity contribution is -0.113. The summed E-state index contributed by atoms with van der Waals surface area (Å²) in [5.74, 6) is 0.156. The van der Waals surface area contributed by atoms with E-state index in [1.807, 2.05) is 13.0 Å². The number of nitrogens with one attached hydrogen (secondary N) is 2. The fraction of sp³-hybridized carbons (Fsp3) is 0.357. The maximum atomic E-state index is 12.0. The second kappa shape index (κ2) is 9.07. The Balaban J connectivity index is 1.81. The molecule has 23 heavy (non-hydrogen) atoms. The first-order chi connectivity index (χ1) is 11.1. The number of rotatable bonds is 8. The average molecular weight is 373 g/mol. The smallest absolute Gasteiger partial charge is 0.234 e. The van der Waals surface area contributed by atoms with Gasteiger partial charge in [-0.2, -0.15) is 0 Å². The third-order valence-corrected chi connectivity index (χ3v) is 5.04. The number of thioether (sulfide) groups is 1. The van der Waals surface area contributed by atoms with Crippen LogP contribution in [0.5, 0.6) is 0 Å². The molecule has 2 rings (SSSR count). The van der Waals surface area contributed by atoms with Crippen molar-refractivity contribution in [3.8, 4) is 0 Å². The number of carbonyl (C=O) groups excluding carboxylic acids is 1. The van der Waals surface area contributed by atoms with Crippen molar-refractivity contribution in [2.24, 2.45) is 0 Å². The third-order valence-electron chi connectivity index (χ3n) is 2.79. The van der Waals surface area contributed by atoms with E-state index in [-0.39, 0.29) is 11.7 Å². The van der Waals surface area contributed by atoms with Gasteiger partial charge >= 0.3 is 0 Å². The van der Waals surface area contributed by atoms with Gasteiger partial charge in [-0.1, -0.05) is 40.8 Å². The van der Waals surface area contributed by atoms with Crippen LogP contribution in [0.2, 0.25) is 5.02 Å². The summed E-state index contributed by atoms with van der Waals surface area (Å²) in [5, 5.41) is 15.3. The summed E-state index contributed by atoms with van der Waals surface area (Å²) < 4.78 is 5.69. The number of carbonyl (C=O) groups is 1. The summed E-state index contributed by atoms with van der Waals surface area (Å²) >= 11 is 8.70. The molecule has 0 radical (unpaired) electrons. The van der Waals surface area contributed by atoms with E-state index in [0.29, 0.717) is 18.2 Å². The fourth-order valence-electron chi connectivity index (χ4n) is 1.64. The van der Waals surface area contributed by atoms with Crippen molar-refractivity contribution in [2.75, 3.05) is 36.6 Å². The molecular weight excluding hydrogens is 356 g/mol. The Morgan fingerprint density at radius 3 is 3.04 bits per heavy atom. The van der Waals surface area contributed by atoms with Gasteiger partial charge in [0.05, 0.1) is 12.4 Å². The number of aromatic nitrogens is 2. The van der Waals surface area contributed by atoms with Crippen LogP contribution in [0, 0.1) is 6.92 Å². The van der Waals surface area contributed by atoms with Crippen molar-refractivity contribution in [1.82, 2.24) is 10.2 Å². The monoisotopic (exact) mass is 372 g/mol. The van der Waals surface area contributed by atoms with E-state index >= 15 is 0 Å². The molecule has 0 aliphatic carbocycles. The quantitative estimate of drug-likeness (QED) is 0.547. The topological polar surface area (TPSA) is 76.1 Å². The van der Waals surface area contributed by atoms with Gasteiger partial charge < -0.3 is 15.4 Å². The van der Waals surface area contributed by atoms with Crippen molar-refractivity contribution < 1.29 is 9.53 Å². The van der Waals surface area contributed by atoms with Crippen molar-refractivity contribution in [3.05, 3.63) is 28.8 Å². The van der Waals surface area contributed by atoms with Crippen molar-refractivity contribution >= 4 is 51.4 Å². The first kappa shape index (κ1) is 18.0. The lowest BCUT2D eigenvalue weighted by Crippen LogP contribution is -2.14. The number of nitrogens with zero attached hydrogens (tertiary/aromatic N) is 2. The SMILES string of the molecule is COCCNc1nnc(SCC(=O)Nc2cc(Cl)ccc2C)s1. The molecule has 0 bridgehead atoms. The van der Waals surface area contributed by atoms with Crippen LogP contribution in [0.1, 0.15) is 5.56 Å². The number of hydrogen-bond acceptors (Lipinski definition) is 7. The molecule has 0 aliphatic rings. The lowest BCUT2D eigenvalue weighted by atomic mass is 10.2. The van der Waals surface area contributed by atoms with Crippen LogP contribution >= 0.6 is 34.7 Å². The maximum Gasteiger partial charge on any atom is 0.234 e. The highest BCUT2D eigenvalue weighted by atomic mass is 35.5. The molecule has 6 nitrogen and oxygen atoms in total. The second-order valence-electron chi connectivity index (χ2n) is 4.59. The summed E-state index contributed by atoms with van der Waals surface area (Å²) in [4.78, 5) is 12.0. The van der Waals surface area contributed by atoms with Gasteiger partial charge in [-0.3, -0.25) is 4.79 Å². The molecule has 2 N–H and O–H groups in total. The Bertz CT molecular complexity index is 666. The number of anilines is 2. The Kier molecular flexibility index (Phi) is 7.10. The minimum absolute atomic E-state index is 0.107. The molecule has 1 aromatic carbocycles. The number of amides is 1. The van der Waals surface area contributed by atoms with Gasteiger partial charge in [-0.15, -0.1) is 10.2 Å². The van der Waals surface area contributed by atoms with E-state index in [1.54, 1.807) is 19.2 Å². The standard InChI is InChI=1S/C14H17ClN4O2S2/c1-9-3-4-10(15)7-11(9)17-12(20)8-22-14-19-18-13(23-14)16-5-6-21-2/h3-4,7H,5-6,8H2,1-2H3,(H,16,18)(H,17,20). The van der Waals surface area contributed by atoms with Crippen LogP contribution in [-0.4, -0.2) is 42.1 Å². The molecule has 0 saturated carbocycles. The van der Waals surface area contributed by atoms with E-state index in [9.17, 15) is 4.79 Å². The largest absolute Gasteiger partial charge is 0.383 e. The second-order valence-corrected chi connectivity index (χ2v) is 7.23. The molecule has 1 heterocycles. The highest BCUT2D eigenvalue weighted by Crippen LogP contribution is 2.26. The number of hydrogen-bond donors (Lipinski definition) is 2. The van der Waals surface area contributed by atoms with Gasteiger partial charge in [0.15, 0.2) is 4.34 Å². The van der Waals surface area contributed by atoms with Crippen molar-refractivity contribution in [2.45, 2.75) is 11.3 Å². The summed E-state index contributed by atoms with van der Waals surface area (Å²) in [6.07, 6.45) is 0. The molecule has 0 aliphatic heterocycles. The van der Waals surface area contributed by atoms with E-state index < -0.39 is 0 Å². The highest BCUT2D eigenvalue weighted by Gasteiger charge is 2.09. The molecule has 9 heteroatoms. The van der Waals surface area contributed by atoms with E-state index in [4.69, 9.17) is 16.3 Å². The zero-order valence-electron chi connectivity index (χ0n) is 12.8. The van der Waals surface area contributed by atoms with Gasteiger partial charge in [0.25, 0.3) is 0 Å². The van der Waals surface area contributed by atoms with Crippen LogP contribution in [-0.2, 0) is 9.53 Å². The predicted octanol–water partition coefficient (Wildman–Crippen LogP) is 3.29. The summed E-state index contributed by atoms with van der Waals surface area (Å²) in [6.45, 7) is 3.19. The average Bonchev–Trinajstić information content (AvgIpc) is 2.97. The molecule has 124 valence electrons. The first-order valence-electron chi connectivity index (χ1n) is 6.83. The maximum absolute atomic E-state index is 12.0. The van der Waals surface area contributed by atoms with Crippen molar-refractivity contribution in [1.29, 1.82) is 0 Å². The summed E-state index contributed by atoms with van der Waals surface area (Å²) in [5.41, 5.74) is 1.69. The third kappa shape index (κ3) is 5.98. The van der Waals surface area contributed by atoms with Crippen LogP contribution < -0.4 is 10.6 Å². The number of aryl methyl sites for hydroxylation is 1. The number of benzene rings is 1. The van der Waals surface area contributed by atoms with E-state index in [1.165, 1.54) is 23.1 Å². The van der Waals surface area contributed by atoms with Gasteiger partial charge in [0.2, 0.25) is 11.0 Å². The molecule has 0 atom stereocenters. The molecule has 0 spiro atoms. The summed E-state index contributed by atoms with van der Waals surface area (Å²) in [6, 6.07) is 5.40. The van der Waals surface area contributed by atoms with Gasteiger partial charge in [-0.25, -0.2) is 0 Å². The Morgan fingerprint density at radius 2 is 2.26 bits per heavy atom. The summed E-state index contributed by atoms with van der Waals surface area (Å²) in [7, 11) is 1.64. The Hall–Kier alpha value is -1.35. The van der Waals surface area contributed by atoms with E-state index in [0.717, 1.165) is 20.7 Å². The Labute approximate surface area is 148 Å². The van der Waals surface area contributed by atoms with Gasteiger partial charge in [-0.05, 0) is 24.6 Å². The van der Waals surface area contributed by atoms with Gasteiger partial charge in [0.1, 0.15) is 0 Å². The highest BCUT2D eigenvalue weighted by molar-refractivity contribution is 8.01. The number of ether oxygens (including phenoxy) is 1. The predicted molar refractivity (Wildman–Crippen MR) is 95.8 cm³/mol. The number of methoxy groups -OCH3 is 1. The van der Waals surface area contributed by atoms with E-state index in [2.05, 4.69) is 20.8 Å². The molecule has 1 aromatic heterocycles. The van der Waals surface area contributed by atoms with Crippen LogP contribution in [0.3, 0.4) is 0 Å². The zero-order valence-corrected chi connectivity index (χ0v) is 15.1. The van der Waals surface area contributed by atoms with Crippen LogP contribution in [0.4, 0.5) is 10.8 Å². The van der Waals surface area contributed by atoms with Crippen molar-refractivity contribution in [3.63, 3.8) is 0 Å². The molecule has 0 unspecified atom stereocenters. The minimum Gasteiger partial charge on any atom is -0.383 e. The van der Waals surface area contributed by atoms with Crippen LogP contribution in [0.25, 0.3) is 0 Å². The molecule has 0 fully saturated rings. The first-order valence-corrected chi connectivity index (χ1v) is 9.01. The zero-order chi connectivity index (χ0) is 16.7. The van der Waals surface area contributed by atoms with Gasteiger partial charge in [0, 0.05) is 24.4 Å². The molecular formula is C14H17ClN4O2S2. The Morgan fingerprint density at radius 1 is 1.43 bits per heavy atom. The normalized spacial score (nSPS) is 10.6. The molecule has 1 amide bonds. The minimum atomic E-state index is -0.107. The number of halogens is 1. The fourth-order valence-corrected chi connectivity index (χ4v) is 3.39. The molecule has 0 saturated heterocycles.